The molecule has 0 N–H and O–H groups in total. The van der Waals surface area contributed by atoms with Crippen LogP contribution in [0.5, 0.6) is 0 Å². The third kappa shape index (κ3) is 5.12. The van der Waals surface area contributed by atoms with Crippen molar-refractivity contribution < 1.29 is 29.2 Å². The lowest BCUT2D eigenvalue weighted by Crippen LogP contribution is -2.40. The number of nitro groups is 3. The van der Waals surface area contributed by atoms with E-state index in [2.05, 4.69) is 0 Å². The first-order chi connectivity index (χ1) is 25.0. The first-order valence-electron chi connectivity index (χ1n) is 15.9. The Labute approximate surface area is 297 Å². The van der Waals surface area contributed by atoms with Crippen LogP contribution in [0.15, 0.2) is 113 Å². The summed E-state index contributed by atoms with van der Waals surface area (Å²) in [5.41, 5.74) is 2.04. The highest BCUT2D eigenvalue weighted by Crippen LogP contribution is 2.56. The van der Waals surface area contributed by atoms with Crippen molar-refractivity contribution in [2.75, 3.05) is 5.75 Å². The smallest absolute Gasteiger partial charge is 0.270 e. The van der Waals surface area contributed by atoms with E-state index >= 15 is 0 Å². The van der Waals surface area contributed by atoms with Gasteiger partial charge in [0.15, 0.2) is 11.0 Å². The van der Waals surface area contributed by atoms with E-state index in [1.54, 1.807) is 42.5 Å². The van der Waals surface area contributed by atoms with E-state index in [4.69, 9.17) is 4.99 Å². The highest BCUT2D eigenvalue weighted by Gasteiger charge is 2.51. The van der Waals surface area contributed by atoms with Crippen molar-refractivity contribution in [1.82, 2.24) is 4.90 Å². The van der Waals surface area contributed by atoms with Crippen molar-refractivity contribution in [3.63, 3.8) is 0 Å². The van der Waals surface area contributed by atoms with E-state index < -0.39 is 32.6 Å². The number of amidine groups is 1. The molecule has 2 aliphatic carbocycles. The number of rotatable bonds is 7. The summed E-state index contributed by atoms with van der Waals surface area (Å²) in [7, 11) is 0. The monoisotopic (exact) mass is 713 g/mol. The molecule has 15 heteroatoms. The molecular weight excluding hydrogens is 690 g/mol. The Balaban J connectivity index is 1.46. The number of allylic oxidation sites excluding steroid dienone is 3. The number of hydrogen-bond acceptors (Lipinski definition) is 11. The zero-order valence-electron chi connectivity index (χ0n) is 26.7. The van der Waals surface area contributed by atoms with E-state index in [-0.39, 0.29) is 79.8 Å². The lowest BCUT2D eigenvalue weighted by molar-refractivity contribution is -0.385. The van der Waals surface area contributed by atoms with Crippen LogP contribution in [0.1, 0.15) is 51.0 Å². The van der Waals surface area contributed by atoms with E-state index in [0.29, 0.717) is 22.3 Å². The molecule has 8 rings (SSSR count). The van der Waals surface area contributed by atoms with Gasteiger partial charge in [-0.05, 0) is 27.8 Å². The van der Waals surface area contributed by atoms with Crippen molar-refractivity contribution >= 4 is 62.6 Å². The number of aliphatic imine (C=N–C) groups is 1. The molecule has 0 bridgehead atoms. The summed E-state index contributed by atoms with van der Waals surface area (Å²) < 4.78 is 0. The highest BCUT2D eigenvalue weighted by atomic mass is 32.2. The Bertz CT molecular complexity index is 2440. The van der Waals surface area contributed by atoms with Gasteiger partial charge in [0.2, 0.25) is 5.91 Å². The number of carbonyl (C=O) groups excluding carboxylic acids is 3. The summed E-state index contributed by atoms with van der Waals surface area (Å²) in [6.45, 7) is 0. The second-order valence-electron chi connectivity index (χ2n) is 12.5. The number of carbonyl (C=O) groups is 3. The van der Waals surface area contributed by atoms with Crippen LogP contribution in [0.25, 0.3) is 11.1 Å². The van der Waals surface area contributed by atoms with Crippen LogP contribution in [0.3, 0.4) is 0 Å². The fourth-order valence-corrected chi connectivity index (χ4v) is 8.53. The normalized spacial score (nSPS) is 20.8. The predicted octanol–water partition coefficient (Wildman–Crippen LogP) is 6.83. The molecule has 3 unspecified atom stereocenters. The largest absolute Gasteiger partial charge is 0.299 e. The molecule has 52 heavy (non-hydrogen) atoms. The number of thioether (sulfide) groups is 1. The second-order valence-corrected chi connectivity index (χ2v) is 13.5. The molecule has 0 aromatic heterocycles. The topological polar surface area (TPSA) is 196 Å². The van der Waals surface area contributed by atoms with Gasteiger partial charge >= 0.3 is 0 Å². The minimum atomic E-state index is -1.26. The summed E-state index contributed by atoms with van der Waals surface area (Å²) >= 11 is 1.10. The summed E-state index contributed by atoms with van der Waals surface area (Å²) in [5.74, 6) is -3.48. The number of benzene rings is 4. The number of fused-ring (bicyclic) bond motifs is 3. The van der Waals surface area contributed by atoms with Crippen LogP contribution in [-0.2, 0) is 9.59 Å². The van der Waals surface area contributed by atoms with Crippen molar-refractivity contribution in [3.8, 4) is 0 Å². The fraction of sp³-hybridized carbons (Fsp3) is 0.135. The maximum absolute atomic E-state index is 14.8. The highest BCUT2D eigenvalue weighted by molar-refractivity contribution is 8.15. The summed E-state index contributed by atoms with van der Waals surface area (Å²) in [5, 5.41) is 36.2. The minimum Gasteiger partial charge on any atom is -0.299 e. The van der Waals surface area contributed by atoms with Crippen molar-refractivity contribution in [1.29, 1.82) is 0 Å². The van der Waals surface area contributed by atoms with Gasteiger partial charge in [-0.15, -0.1) is 0 Å². The van der Waals surface area contributed by atoms with Crippen molar-refractivity contribution in [2.24, 2.45) is 10.9 Å². The summed E-state index contributed by atoms with van der Waals surface area (Å²) in [6.07, 6.45) is -0.179. The molecule has 0 saturated carbocycles. The quantitative estimate of drug-likeness (QED) is 0.145. The fourth-order valence-electron chi connectivity index (χ4n) is 7.63. The minimum absolute atomic E-state index is 0.0320. The Hall–Kier alpha value is -6.61. The van der Waals surface area contributed by atoms with Gasteiger partial charge in [-0.25, -0.2) is 4.99 Å². The molecule has 2 heterocycles. The summed E-state index contributed by atoms with van der Waals surface area (Å²) in [6, 6.07) is 22.7. The number of amides is 1. The van der Waals surface area contributed by atoms with Gasteiger partial charge in [0.1, 0.15) is 5.78 Å². The van der Waals surface area contributed by atoms with Crippen LogP contribution in [-0.4, -0.2) is 48.1 Å². The van der Waals surface area contributed by atoms with Gasteiger partial charge in [0.05, 0.1) is 38.2 Å². The Morgan fingerprint density at radius 1 is 0.673 bits per heavy atom. The molecular formula is C37H23N5O9S. The van der Waals surface area contributed by atoms with Crippen LogP contribution in [0, 0.1) is 36.3 Å². The lowest BCUT2D eigenvalue weighted by atomic mass is 9.68. The standard InChI is InChI=1S/C37H23N5O9S/c43-28-17-27-25-12-1-2-13-26(25)36(45)32(27)30(19-6-3-9-22(14-19)40(46)47)33(28)34-31(20-7-4-10-23(15-20)41(48)49)35(39-29(44)18-52-37(39)38-34)21-8-5-11-24(16-21)42(50)51/h1-16,30,33,35H,17-18H2. The van der Waals surface area contributed by atoms with Crippen LogP contribution < -0.4 is 0 Å². The molecule has 1 amide bonds. The number of Topliss-reactive ketones (excluding diaryl/α,β-unsaturated/α-hetero) is 2. The molecule has 1 fully saturated rings. The average Bonchev–Trinajstić information content (AvgIpc) is 3.66. The molecule has 0 radical (unpaired) electrons. The number of ketones is 2. The van der Waals surface area contributed by atoms with E-state index in [1.165, 1.54) is 59.5 Å². The van der Waals surface area contributed by atoms with Gasteiger partial charge in [0, 0.05) is 65.4 Å². The molecule has 0 spiro atoms. The van der Waals surface area contributed by atoms with Crippen LogP contribution in [0.2, 0.25) is 0 Å². The van der Waals surface area contributed by atoms with E-state index in [1.807, 2.05) is 0 Å². The zero-order chi connectivity index (χ0) is 36.4. The number of hydrogen-bond donors (Lipinski definition) is 0. The summed E-state index contributed by atoms with van der Waals surface area (Å²) in [4.78, 5) is 83.2. The van der Waals surface area contributed by atoms with Gasteiger partial charge in [-0.2, -0.15) is 0 Å². The molecule has 4 aromatic carbocycles. The molecule has 4 aliphatic rings. The first-order valence-corrected chi connectivity index (χ1v) is 16.9. The number of nitrogens with zero attached hydrogens (tertiary/aromatic N) is 5. The van der Waals surface area contributed by atoms with Crippen LogP contribution >= 0.6 is 11.8 Å². The van der Waals surface area contributed by atoms with E-state index in [0.717, 1.165) is 11.8 Å². The lowest BCUT2D eigenvalue weighted by Gasteiger charge is -2.39. The maximum atomic E-state index is 14.8. The molecule has 256 valence electrons. The zero-order valence-corrected chi connectivity index (χ0v) is 27.5. The van der Waals surface area contributed by atoms with E-state index in [9.17, 15) is 44.7 Å². The van der Waals surface area contributed by atoms with Gasteiger partial charge < -0.3 is 0 Å². The Morgan fingerprint density at radius 3 is 1.94 bits per heavy atom. The number of non-ortho nitro benzene ring substituents is 3. The molecule has 2 aliphatic heterocycles. The first kappa shape index (κ1) is 32.6. The second kappa shape index (κ2) is 12.3. The maximum Gasteiger partial charge on any atom is 0.270 e. The molecule has 3 atom stereocenters. The van der Waals surface area contributed by atoms with Crippen molar-refractivity contribution in [2.45, 2.75) is 18.4 Å². The Kier molecular flexibility index (Phi) is 7.72. The van der Waals surface area contributed by atoms with Gasteiger partial charge in [-0.1, -0.05) is 72.4 Å². The molecule has 1 saturated heterocycles. The third-order valence-electron chi connectivity index (χ3n) is 9.73. The SMILES string of the molecule is O=C1C2=C(CC(=O)C(C3=C(c4cccc([N+](=O)[O-])c4)C(c4cccc([N+](=O)[O-])c4)N4C(=O)CSC4=N3)C2c2cccc([N+](=O)[O-])c2)c2ccccc21. The third-order valence-corrected chi connectivity index (χ3v) is 10.7. The molecule has 4 aromatic rings. The number of nitro benzene ring substituents is 3. The average molecular weight is 714 g/mol. The van der Waals surface area contributed by atoms with Gasteiger partial charge in [0.25, 0.3) is 17.1 Å². The Morgan fingerprint density at radius 2 is 1.27 bits per heavy atom. The molecule has 14 nitrogen and oxygen atoms in total. The predicted molar refractivity (Wildman–Crippen MR) is 189 cm³/mol. The van der Waals surface area contributed by atoms with Crippen LogP contribution in [0.4, 0.5) is 17.1 Å². The van der Waals surface area contributed by atoms with Gasteiger partial charge in [-0.3, -0.25) is 49.6 Å². The van der Waals surface area contributed by atoms with Crippen molar-refractivity contribution in [3.05, 3.63) is 166 Å².